The summed E-state index contributed by atoms with van der Waals surface area (Å²) in [6.45, 7) is 3.25. The van der Waals surface area contributed by atoms with E-state index in [1.54, 1.807) is 6.07 Å². The molecule has 0 aliphatic heterocycles. The van der Waals surface area contributed by atoms with Crippen LogP contribution < -0.4 is 5.32 Å². The van der Waals surface area contributed by atoms with Crippen molar-refractivity contribution in [2.24, 2.45) is 0 Å². The van der Waals surface area contributed by atoms with Gasteiger partial charge in [-0.25, -0.2) is 0 Å². The molecule has 0 bridgehead atoms. The van der Waals surface area contributed by atoms with Gasteiger partial charge in [0.2, 0.25) is 0 Å². The Morgan fingerprint density at radius 1 is 0.789 bits per heavy atom. The van der Waals surface area contributed by atoms with Gasteiger partial charge in [0.15, 0.2) is 0 Å². The summed E-state index contributed by atoms with van der Waals surface area (Å²) in [5.41, 5.74) is 1.01. The summed E-state index contributed by atoms with van der Waals surface area (Å²) in [5, 5.41) is 4.74. The van der Waals surface area contributed by atoms with Gasteiger partial charge in [-0.3, -0.25) is 0 Å². The van der Waals surface area contributed by atoms with E-state index in [0.717, 1.165) is 12.2 Å². The van der Waals surface area contributed by atoms with E-state index in [1.165, 1.54) is 51.4 Å². The van der Waals surface area contributed by atoms with Gasteiger partial charge in [0.1, 0.15) is 0 Å². The van der Waals surface area contributed by atoms with Crippen LogP contribution in [0.25, 0.3) is 0 Å². The molecule has 0 fully saturated rings. The van der Waals surface area contributed by atoms with Gasteiger partial charge in [0.25, 0.3) is 0 Å². The number of benzene rings is 1. The fourth-order valence-corrected chi connectivity index (χ4v) is 2.67. The zero-order chi connectivity index (χ0) is 13.9. The number of halogens is 2. The summed E-state index contributed by atoms with van der Waals surface area (Å²) in [6.07, 6.45) is 10.7. The van der Waals surface area contributed by atoms with Crippen LogP contribution in [0.4, 0.5) is 5.69 Å². The Hall–Kier alpha value is -0.400. The van der Waals surface area contributed by atoms with Crippen LogP contribution in [0.3, 0.4) is 0 Å². The molecule has 1 nitrogen and oxygen atoms in total. The fourth-order valence-electron chi connectivity index (χ4n) is 2.15. The number of unbranched alkanes of at least 4 members (excludes halogenated alkanes) is 7. The molecule has 0 amide bonds. The van der Waals surface area contributed by atoms with E-state index in [2.05, 4.69) is 12.2 Å². The first-order valence-corrected chi connectivity index (χ1v) is 8.18. The second kappa shape index (κ2) is 10.4. The molecule has 19 heavy (non-hydrogen) atoms. The largest absolute Gasteiger partial charge is 0.385 e. The molecule has 0 atom stereocenters. The molecule has 0 spiro atoms. The molecule has 0 saturated carbocycles. The Labute approximate surface area is 127 Å². The minimum Gasteiger partial charge on any atom is -0.385 e. The minimum atomic E-state index is 0.686. The van der Waals surface area contributed by atoms with Gasteiger partial charge >= 0.3 is 0 Å². The van der Waals surface area contributed by atoms with Gasteiger partial charge in [-0.15, -0.1) is 0 Å². The number of hydrogen-bond acceptors (Lipinski definition) is 1. The molecule has 1 aromatic rings. The second-order valence-corrected chi connectivity index (χ2v) is 5.93. The van der Waals surface area contributed by atoms with Crippen LogP contribution in [0.15, 0.2) is 18.2 Å². The van der Waals surface area contributed by atoms with Crippen molar-refractivity contribution in [1.29, 1.82) is 0 Å². The number of anilines is 1. The third kappa shape index (κ3) is 8.39. The van der Waals surface area contributed by atoms with Crippen molar-refractivity contribution in [3.63, 3.8) is 0 Å². The van der Waals surface area contributed by atoms with Gasteiger partial charge in [-0.05, 0) is 24.6 Å². The van der Waals surface area contributed by atoms with E-state index in [0.29, 0.717) is 10.0 Å². The lowest BCUT2D eigenvalue weighted by atomic mass is 10.1. The monoisotopic (exact) mass is 301 g/mol. The molecule has 1 N–H and O–H groups in total. The lowest BCUT2D eigenvalue weighted by molar-refractivity contribution is 0.581. The maximum Gasteiger partial charge on any atom is 0.0441 e. The maximum atomic E-state index is 5.95. The smallest absolute Gasteiger partial charge is 0.0441 e. The molecule has 0 aliphatic carbocycles. The van der Waals surface area contributed by atoms with Crippen molar-refractivity contribution in [2.75, 3.05) is 11.9 Å². The lowest BCUT2D eigenvalue weighted by Crippen LogP contribution is -2.01. The van der Waals surface area contributed by atoms with Gasteiger partial charge < -0.3 is 5.32 Å². The van der Waals surface area contributed by atoms with E-state index >= 15 is 0 Å². The number of rotatable bonds is 10. The Morgan fingerprint density at radius 2 is 1.32 bits per heavy atom. The Morgan fingerprint density at radius 3 is 1.89 bits per heavy atom. The van der Waals surface area contributed by atoms with Crippen LogP contribution >= 0.6 is 23.2 Å². The SMILES string of the molecule is CCCCCCCCCCNc1cc(Cl)cc(Cl)c1. The lowest BCUT2D eigenvalue weighted by Gasteiger charge is -2.07. The molecule has 0 saturated heterocycles. The van der Waals surface area contributed by atoms with Crippen LogP contribution in [0.5, 0.6) is 0 Å². The standard InChI is InChI=1S/C16H25Cl2N/c1-2-3-4-5-6-7-8-9-10-19-16-12-14(17)11-15(18)13-16/h11-13,19H,2-10H2,1H3. The first-order valence-electron chi connectivity index (χ1n) is 7.42. The van der Waals surface area contributed by atoms with Gasteiger partial charge in [0.05, 0.1) is 0 Å². The van der Waals surface area contributed by atoms with Crippen LogP contribution in [0.1, 0.15) is 58.3 Å². The molecule has 3 heteroatoms. The van der Waals surface area contributed by atoms with Crippen molar-refractivity contribution < 1.29 is 0 Å². The van der Waals surface area contributed by atoms with Crippen molar-refractivity contribution in [3.05, 3.63) is 28.2 Å². The molecule has 1 aromatic carbocycles. The molecule has 1 rings (SSSR count). The average Bonchev–Trinajstić information content (AvgIpc) is 2.36. The highest BCUT2D eigenvalue weighted by Crippen LogP contribution is 2.22. The van der Waals surface area contributed by atoms with Gasteiger partial charge in [-0.1, -0.05) is 75.1 Å². The van der Waals surface area contributed by atoms with Crippen molar-refractivity contribution in [2.45, 2.75) is 58.3 Å². The molecule has 0 aliphatic rings. The normalized spacial score (nSPS) is 10.7. The molecule has 0 unspecified atom stereocenters. The summed E-state index contributed by atoms with van der Waals surface area (Å²) in [4.78, 5) is 0. The Kier molecular flexibility index (Phi) is 9.11. The zero-order valence-electron chi connectivity index (χ0n) is 11.9. The summed E-state index contributed by atoms with van der Waals surface area (Å²) in [7, 11) is 0. The van der Waals surface area contributed by atoms with Crippen molar-refractivity contribution in [3.8, 4) is 0 Å². The first-order chi connectivity index (χ1) is 9.22. The van der Waals surface area contributed by atoms with E-state index in [-0.39, 0.29) is 0 Å². The highest BCUT2D eigenvalue weighted by Gasteiger charge is 1.97. The predicted molar refractivity (Wildman–Crippen MR) is 87.6 cm³/mol. The van der Waals surface area contributed by atoms with Gasteiger partial charge in [-0.2, -0.15) is 0 Å². The van der Waals surface area contributed by atoms with Crippen LogP contribution in [0, 0.1) is 0 Å². The van der Waals surface area contributed by atoms with E-state index in [9.17, 15) is 0 Å². The van der Waals surface area contributed by atoms with E-state index in [1.807, 2.05) is 12.1 Å². The zero-order valence-corrected chi connectivity index (χ0v) is 13.4. The van der Waals surface area contributed by atoms with Crippen LogP contribution in [0.2, 0.25) is 10.0 Å². The third-order valence-corrected chi connectivity index (χ3v) is 3.66. The molecular formula is C16H25Cl2N. The minimum absolute atomic E-state index is 0.686. The summed E-state index contributed by atoms with van der Waals surface area (Å²) in [6, 6.07) is 5.58. The second-order valence-electron chi connectivity index (χ2n) is 5.06. The average molecular weight is 302 g/mol. The topological polar surface area (TPSA) is 12.0 Å². The Bertz CT molecular complexity index is 332. The third-order valence-electron chi connectivity index (χ3n) is 3.22. The van der Waals surface area contributed by atoms with Gasteiger partial charge in [0, 0.05) is 22.3 Å². The van der Waals surface area contributed by atoms with Crippen molar-refractivity contribution >= 4 is 28.9 Å². The molecule has 108 valence electrons. The van der Waals surface area contributed by atoms with Crippen LogP contribution in [-0.2, 0) is 0 Å². The first kappa shape index (κ1) is 16.7. The fraction of sp³-hybridized carbons (Fsp3) is 0.625. The highest BCUT2D eigenvalue weighted by atomic mass is 35.5. The van der Waals surface area contributed by atoms with Crippen LogP contribution in [-0.4, -0.2) is 6.54 Å². The summed E-state index contributed by atoms with van der Waals surface area (Å²) >= 11 is 11.9. The number of hydrogen-bond donors (Lipinski definition) is 1. The summed E-state index contributed by atoms with van der Waals surface area (Å²) < 4.78 is 0. The molecule has 0 radical (unpaired) electrons. The molecular weight excluding hydrogens is 277 g/mol. The highest BCUT2D eigenvalue weighted by molar-refractivity contribution is 6.35. The Balaban J connectivity index is 2.01. The van der Waals surface area contributed by atoms with Crippen molar-refractivity contribution in [1.82, 2.24) is 0 Å². The molecule has 0 heterocycles. The number of nitrogens with one attached hydrogen (secondary N) is 1. The quantitative estimate of drug-likeness (QED) is 0.483. The van der Waals surface area contributed by atoms with E-state index < -0.39 is 0 Å². The predicted octanol–water partition coefficient (Wildman–Crippen LogP) is 6.55. The maximum absolute atomic E-state index is 5.95. The molecule has 0 aromatic heterocycles. The summed E-state index contributed by atoms with van der Waals surface area (Å²) in [5.74, 6) is 0. The van der Waals surface area contributed by atoms with E-state index in [4.69, 9.17) is 23.2 Å².